The quantitative estimate of drug-likeness (QED) is 0.701. The van der Waals surface area contributed by atoms with E-state index in [2.05, 4.69) is 41.7 Å². The summed E-state index contributed by atoms with van der Waals surface area (Å²) in [4.78, 5) is 22.2. The number of thiazole rings is 1. The second-order valence-electron chi connectivity index (χ2n) is 7.87. The highest BCUT2D eigenvalue weighted by atomic mass is 32.1. The van der Waals surface area contributed by atoms with Crippen molar-refractivity contribution in [1.82, 2.24) is 19.9 Å². The van der Waals surface area contributed by atoms with Crippen molar-refractivity contribution in [2.75, 3.05) is 11.4 Å². The molecule has 0 spiro atoms. The number of nitrogens with zero attached hydrogens (tertiary/aromatic N) is 5. The molecule has 0 N–H and O–H groups in total. The zero-order chi connectivity index (χ0) is 17.2. The third-order valence-electron chi connectivity index (χ3n) is 5.48. The van der Waals surface area contributed by atoms with Gasteiger partial charge in [-0.1, -0.05) is 13.8 Å². The summed E-state index contributed by atoms with van der Waals surface area (Å²) < 4.78 is 0. The number of hydrogen-bond donors (Lipinski definition) is 0. The zero-order valence-electron chi connectivity index (χ0n) is 14.8. The largest absolute Gasteiger partial charge is 0.351 e. The van der Waals surface area contributed by atoms with Gasteiger partial charge in [0, 0.05) is 36.2 Å². The van der Waals surface area contributed by atoms with Crippen LogP contribution in [-0.4, -0.2) is 26.5 Å². The van der Waals surface area contributed by atoms with Gasteiger partial charge in [0.05, 0.1) is 17.2 Å². The number of rotatable bonds is 2. The van der Waals surface area contributed by atoms with Crippen molar-refractivity contribution in [1.29, 1.82) is 0 Å². The van der Waals surface area contributed by atoms with Gasteiger partial charge in [-0.05, 0) is 30.4 Å². The summed E-state index contributed by atoms with van der Waals surface area (Å²) in [7, 11) is 0. The Kier molecular flexibility index (Phi) is 3.17. The van der Waals surface area contributed by atoms with Gasteiger partial charge < -0.3 is 4.90 Å². The minimum Gasteiger partial charge on any atom is -0.351 e. The molecule has 5 nitrogen and oxygen atoms in total. The molecule has 0 bridgehead atoms. The van der Waals surface area contributed by atoms with Crippen molar-refractivity contribution in [2.45, 2.75) is 46.1 Å². The minimum atomic E-state index is 0.440. The molecule has 2 aliphatic rings. The van der Waals surface area contributed by atoms with Gasteiger partial charge in [0.25, 0.3) is 0 Å². The van der Waals surface area contributed by atoms with Crippen molar-refractivity contribution in [3.8, 4) is 0 Å². The molecule has 0 amide bonds. The van der Waals surface area contributed by atoms with Crippen LogP contribution < -0.4 is 4.90 Å². The highest BCUT2D eigenvalue weighted by molar-refractivity contribution is 7.11. The van der Waals surface area contributed by atoms with Crippen LogP contribution in [-0.2, 0) is 13.0 Å². The first kappa shape index (κ1) is 15.2. The molecule has 128 valence electrons. The summed E-state index contributed by atoms with van der Waals surface area (Å²) in [5, 5.41) is 1.34. The number of aryl methyl sites for hydroxylation is 1. The second kappa shape index (κ2) is 5.21. The second-order valence-corrected chi connectivity index (χ2v) is 8.98. The number of pyridine rings is 1. The molecule has 6 heteroatoms. The Morgan fingerprint density at radius 1 is 1.20 bits per heavy atom. The molecule has 1 aliphatic heterocycles. The zero-order valence-corrected chi connectivity index (χ0v) is 15.6. The maximum absolute atomic E-state index is 4.96. The van der Waals surface area contributed by atoms with Gasteiger partial charge in [-0.3, -0.25) is 4.98 Å². The Morgan fingerprint density at radius 3 is 2.80 bits per heavy atom. The first-order chi connectivity index (χ1) is 12.0. The average molecular weight is 351 g/mol. The molecule has 0 saturated heterocycles. The topological polar surface area (TPSA) is 54.8 Å². The molecular weight excluding hydrogens is 330 g/mol. The molecule has 25 heavy (non-hydrogen) atoms. The van der Waals surface area contributed by atoms with Crippen LogP contribution in [0.5, 0.6) is 0 Å². The van der Waals surface area contributed by atoms with E-state index < -0.39 is 0 Å². The number of aromatic nitrogens is 4. The number of hydrogen-bond acceptors (Lipinski definition) is 6. The van der Waals surface area contributed by atoms with E-state index in [1.807, 2.05) is 11.3 Å². The van der Waals surface area contributed by atoms with Gasteiger partial charge in [0.15, 0.2) is 5.65 Å². The first-order valence-corrected chi connectivity index (χ1v) is 9.65. The van der Waals surface area contributed by atoms with E-state index in [0.29, 0.717) is 11.3 Å². The molecule has 1 unspecified atom stereocenters. The van der Waals surface area contributed by atoms with Crippen LogP contribution in [0.25, 0.3) is 11.2 Å². The average Bonchev–Trinajstić information content (AvgIpc) is 3.04. The molecule has 1 fully saturated rings. The molecule has 4 heterocycles. The van der Waals surface area contributed by atoms with E-state index >= 15 is 0 Å². The maximum atomic E-state index is 4.96. The van der Waals surface area contributed by atoms with Crippen LogP contribution in [0.3, 0.4) is 0 Å². The summed E-state index contributed by atoms with van der Waals surface area (Å²) in [5.74, 6) is 1.69. The lowest BCUT2D eigenvalue weighted by Crippen LogP contribution is -2.31. The SMILES string of the molecule is Cc1cc2nccnc2nc1N1CCc2nc(C3CC3(C)C)sc2C1. The molecule has 0 aromatic carbocycles. The molecule has 1 atom stereocenters. The summed E-state index contributed by atoms with van der Waals surface area (Å²) in [5.41, 5.74) is 4.48. The van der Waals surface area contributed by atoms with E-state index in [9.17, 15) is 0 Å². The fourth-order valence-electron chi connectivity index (χ4n) is 3.74. The fraction of sp³-hybridized carbons (Fsp3) is 0.474. The smallest absolute Gasteiger partial charge is 0.180 e. The van der Waals surface area contributed by atoms with E-state index in [1.54, 1.807) is 12.4 Å². The highest BCUT2D eigenvalue weighted by Crippen LogP contribution is 2.59. The summed E-state index contributed by atoms with van der Waals surface area (Å²) in [6.07, 6.45) is 5.69. The van der Waals surface area contributed by atoms with Crippen LogP contribution in [0.2, 0.25) is 0 Å². The van der Waals surface area contributed by atoms with Crippen molar-refractivity contribution in [3.05, 3.63) is 39.6 Å². The lowest BCUT2D eigenvalue weighted by atomic mass is 10.1. The summed E-state index contributed by atoms with van der Waals surface area (Å²) >= 11 is 1.91. The van der Waals surface area contributed by atoms with Gasteiger partial charge >= 0.3 is 0 Å². The Balaban J connectivity index is 1.46. The summed E-state index contributed by atoms with van der Waals surface area (Å²) in [6.45, 7) is 8.65. The standard InChI is InChI=1S/C19H21N5S/c1-11-8-14-16(21-6-5-20-14)23-17(11)24-7-4-13-15(10-24)25-18(22-13)12-9-19(12,2)3/h5-6,8,12H,4,7,9-10H2,1-3H3. The lowest BCUT2D eigenvalue weighted by molar-refractivity contribution is 0.619. The summed E-state index contributed by atoms with van der Waals surface area (Å²) in [6, 6.07) is 2.09. The number of anilines is 1. The molecule has 3 aromatic rings. The molecule has 5 rings (SSSR count). The third kappa shape index (κ3) is 2.51. The molecule has 0 radical (unpaired) electrons. The first-order valence-electron chi connectivity index (χ1n) is 8.83. The Bertz CT molecular complexity index is 977. The molecule has 1 saturated carbocycles. The van der Waals surface area contributed by atoms with E-state index in [-0.39, 0.29) is 0 Å². The van der Waals surface area contributed by atoms with Gasteiger partial charge in [0.2, 0.25) is 0 Å². The maximum Gasteiger partial charge on any atom is 0.180 e. The van der Waals surface area contributed by atoms with Crippen LogP contribution >= 0.6 is 11.3 Å². The molecular formula is C19H21N5S. The fourth-order valence-corrected chi connectivity index (χ4v) is 5.18. The highest BCUT2D eigenvalue weighted by Gasteiger charge is 2.48. The Morgan fingerprint density at radius 2 is 2.00 bits per heavy atom. The normalized spacial score (nSPS) is 21.4. The van der Waals surface area contributed by atoms with Crippen molar-refractivity contribution < 1.29 is 0 Å². The van der Waals surface area contributed by atoms with Crippen LogP contribution in [0, 0.1) is 12.3 Å². The number of fused-ring (bicyclic) bond motifs is 2. The lowest BCUT2D eigenvalue weighted by Gasteiger charge is -2.28. The van der Waals surface area contributed by atoms with Crippen LogP contribution in [0.1, 0.15) is 47.3 Å². The minimum absolute atomic E-state index is 0.440. The molecule has 1 aliphatic carbocycles. The third-order valence-corrected chi connectivity index (χ3v) is 6.68. The van der Waals surface area contributed by atoms with Gasteiger partial charge in [0.1, 0.15) is 11.3 Å². The molecule has 3 aromatic heterocycles. The van der Waals surface area contributed by atoms with E-state index in [0.717, 1.165) is 42.1 Å². The van der Waals surface area contributed by atoms with E-state index in [1.165, 1.54) is 22.0 Å². The van der Waals surface area contributed by atoms with Crippen molar-refractivity contribution in [2.24, 2.45) is 5.41 Å². The predicted octanol–water partition coefficient (Wildman–Crippen LogP) is 3.87. The predicted molar refractivity (Wildman–Crippen MR) is 100 cm³/mol. The Labute approximate surface area is 151 Å². The van der Waals surface area contributed by atoms with Gasteiger partial charge in [-0.15, -0.1) is 11.3 Å². The van der Waals surface area contributed by atoms with Crippen molar-refractivity contribution >= 4 is 28.3 Å². The van der Waals surface area contributed by atoms with Crippen LogP contribution in [0.15, 0.2) is 18.5 Å². The monoisotopic (exact) mass is 351 g/mol. The van der Waals surface area contributed by atoms with Gasteiger partial charge in [-0.2, -0.15) is 0 Å². The van der Waals surface area contributed by atoms with Gasteiger partial charge in [-0.25, -0.2) is 15.0 Å². The van der Waals surface area contributed by atoms with Crippen molar-refractivity contribution in [3.63, 3.8) is 0 Å². The Hall–Kier alpha value is -2.08. The van der Waals surface area contributed by atoms with E-state index in [4.69, 9.17) is 9.97 Å². The van der Waals surface area contributed by atoms with Crippen LogP contribution in [0.4, 0.5) is 5.82 Å².